The summed E-state index contributed by atoms with van der Waals surface area (Å²) in [5.41, 5.74) is 5.78. The van der Waals surface area contributed by atoms with Gasteiger partial charge in [-0.05, 0) is 105 Å². The molecule has 4 aliphatic rings. The van der Waals surface area contributed by atoms with Gasteiger partial charge in [0.1, 0.15) is 0 Å². The van der Waals surface area contributed by atoms with Gasteiger partial charge in [0, 0.05) is 76.3 Å². The Bertz CT molecular complexity index is 1930. The number of likely N-dealkylation sites (tertiary alicyclic amines) is 2. The minimum absolute atomic E-state index is 0.00597. The Morgan fingerprint density at radius 1 is 0.982 bits per heavy atom. The number of hydrogen-bond donors (Lipinski definition) is 1. The largest absolute Gasteiger partial charge is 0.426 e. The molecule has 12 heteroatoms. The lowest BCUT2D eigenvalue weighted by atomic mass is 9.80. The minimum Gasteiger partial charge on any atom is -0.426 e. The van der Waals surface area contributed by atoms with Crippen molar-refractivity contribution in [3.63, 3.8) is 0 Å². The Hall–Kier alpha value is -4.81. The Morgan fingerprint density at radius 2 is 1.73 bits per heavy atom. The van der Waals surface area contributed by atoms with E-state index in [1.54, 1.807) is 10.8 Å². The lowest BCUT2D eigenvalue weighted by Crippen LogP contribution is -2.55. The molecule has 3 saturated heterocycles. The number of ether oxygens (including phenoxy) is 1. The predicted molar refractivity (Wildman–Crippen MR) is 212 cm³/mol. The highest BCUT2D eigenvalue weighted by Crippen LogP contribution is 2.33. The predicted octanol–water partition coefficient (Wildman–Crippen LogP) is 4.45. The summed E-state index contributed by atoms with van der Waals surface area (Å²) in [7, 11) is 2.18. The molecule has 3 amide bonds. The molecule has 3 aromatic rings. The Morgan fingerprint density at radius 3 is 2.47 bits per heavy atom. The number of allylic oxidation sites excluding steroid dienone is 1. The van der Waals surface area contributed by atoms with Crippen molar-refractivity contribution in [1.29, 1.82) is 0 Å². The fraction of sp³-hybridized carbons (Fsp3) is 0.512. The third-order valence-electron chi connectivity index (χ3n) is 12.0. The summed E-state index contributed by atoms with van der Waals surface area (Å²) < 4.78 is 6.88. The molecule has 1 atom stereocenters. The van der Waals surface area contributed by atoms with E-state index in [-0.39, 0.29) is 36.7 Å². The van der Waals surface area contributed by atoms with Crippen LogP contribution < -0.4 is 5.32 Å². The van der Waals surface area contributed by atoms with Crippen LogP contribution in [-0.2, 0) is 38.7 Å². The summed E-state index contributed by atoms with van der Waals surface area (Å²) in [4.78, 5) is 62.4. The van der Waals surface area contributed by atoms with Crippen molar-refractivity contribution in [3.05, 3.63) is 83.1 Å². The summed E-state index contributed by atoms with van der Waals surface area (Å²) >= 11 is 0. The van der Waals surface area contributed by atoms with Crippen molar-refractivity contribution >= 4 is 40.7 Å². The van der Waals surface area contributed by atoms with Gasteiger partial charge in [0.15, 0.2) is 12.5 Å². The SMILES string of the molecule is C=CCNC(=O)OCn1cc2cc(C[C@@H](CC(=O)N3CCC(C4=Cc5ccccc5CC4=O)CC3)C(=O)N3CCN(C4CCN(C)CC4)CC3)cc(C)c2n1. The van der Waals surface area contributed by atoms with Gasteiger partial charge in [-0.15, -0.1) is 6.58 Å². The maximum atomic E-state index is 14.4. The van der Waals surface area contributed by atoms with E-state index in [1.807, 2.05) is 47.2 Å². The number of hydrogen-bond acceptors (Lipinski definition) is 8. The molecule has 0 bridgehead atoms. The lowest BCUT2D eigenvalue weighted by molar-refractivity contribution is -0.143. The standard InChI is InChI=1S/C43H55N7O5/c1-4-13-44-43(54)55-29-50-28-36-24-31(22-30(2)41(36)45-50)23-35(42(53)49-20-18-47(19-21-49)37-11-14-46(3)15-12-37)27-40(52)48-16-9-32(10-17-48)38-25-33-7-5-6-8-34(33)26-39(38)51/h4-8,22,24-25,28,32,35,37H,1,9-21,23,26-27,29H2,2-3H3,(H,44,54)/t35-/m0/s1. The van der Waals surface area contributed by atoms with Gasteiger partial charge in [-0.3, -0.25) is 19.3 Å². The normalized spacial score (nSPS) is 19.5. The average molecular weight is 750 g/mol. The van der Waals surface area contributed by atoms with Gasteiger partial charge in [0.05, 0.1) is 11.4 Å². The van der Waals surface area contributed by atoms with Crippen LogP contribution in [0.1, 0.15) is 54.4 Å². The van der Waals surface area contributed by atoms with Gasteiger partial charge < -0.3 is 24.8 Å². The van der Waals surface area contributed by atoms with Crippen molar-refractivity contribution < 1.29 is 23.9 Å². The molecule has 7 rings (SSSR count). The molecule has 0 radical (unpaired) electrons. The van der Waals surface area contributed by atoms with Crippen LogP contribution in [0.3, 0.4) is 0 Å². The third-order valence-corrected chi connectivity index (χ3v) is 12.0. The van der Waals surface area contributed by atoms with Crippen molar-refractivity contribution in [3.8, 4) is 0 Å². The molecule has 2 aromatic carbocycles. The molecule has 292 valence electrons. The van der Waals surface area contributed by atoms with Gasteiger partial charge >= 0.3 is 6.09 Å². The zero-order valence-corrected chi connectivity index (χ0v) is 32.4. The van der Waals surface area contributed by atoms with Crippen molar-refractivity contribution in [2.75, 3.05) is 66.0 Å². The lowest BCUT2D eigenvalue weighted by Gasteiger charge is -2.43. The number of aryl methyl sites for hydroxylation is 1. The number of carbonyl (C=O) groups excluding carboxylic acids is 4. The molecule has 55 heavy (non-hydrogen) atoms. The molecule has 0 saturated carbocycles. The summed E-state index contributed by atoms with van der Waals surface area (Å²) in [6, 6.07) is 12.7. The van der Waals surface area contributed by atoms with Gasteiger partial charge in [-0.2, -0.15) is 5.10 Å². The molecule has 0 unspecified atom stereocenters. The van der Waals surface area contributed by atoms with E-state index in [9.17, 15) is 19.2 Å². The molecule has 3 aliphatic heterocycles. The Kier molecular flexibility index (Phi) is 12.1. The van der Waals surface area contributed by atoms with Crippen molar-refractivity contribution in [1.82, 2.24) is 34.7 Å². The number of Topliss-reactive ketones (excluding diaryl/α,β-unsaturated/α-hetero) is 1. The van der Waals surface area contributed by atoms with Crippen molar-refractivity contribution in [2.24, 2.45) is 11.8 Å². The number of rotatable bonds is 11. The van der Waals surface area contributed by atoms with E-state index >= 15 is 0 Å². The highest BCUT2D eigenvalue weighted by Gasteiger charge is 2.35. The first kappa shape index (κ1) is 38.5. The smallest absolute Gasteiger partial charge is 0.409 e. The average Bonchev–Trinajstić information content (AvgIpc) is 3.62. The number of piperidine rings is 2. The van der Waals surface area contributed by atoms with Crippen LogP contribution in [0.25, 0.3) is 17.0 Å². The molecular formula is C43H55N7O5. The zero-order chi connectivity index (χ0) is 38.5. The topological polar surface area (TPSA) is 120 Å². The Labute approximate surface area is 324 Å². The third kappa shape index (κ3) is 9.19. The fourth-order valence-corrected chi connectivity index (χ4v) is 8.89. The highest BCUT2D eigenvalue weighted by molar-refractivity contribution is 6.04. The molecule has 1 N–H and O–H groups in total. The number of aromatic nitrogens is 2. The fourth-order valence-electron chi connectivity index (χ4n) is 8.89. The van der Waals surface area contributed by atoms with Crippen LogP contribution >= 0.6 is 0 Å². The van der Waals surface area contributed by atoms with Crippen LogP contribution in [0.15, 0.2) is 60.8 Å². The monoisotopic (exact) mass is 749 g/mol. The second kappa shape index (κ2) is 17.3. The van der Waals surface area contributed by atoms with E-state index in [0.717, 1.165) is 90.6 Å². The number of benzene rings is 2. The second-order valence-electron chi connectivity index (χ2n) is 15.8. The van der Waals surface area contributed by atoms with Crippen molar-refractivity contribution in [2.45, 2.75) is 64.6 Å². The van der Waals surface area contributed by atoms with E-state index in [1.165, 1.54) is 0 Å². The molecule has 1 aromatic heterocycles. The molecule has 0 spiro atoms. The molecular weight excluding hydrogens is 695 g/mol. The van der Waals surface area contributed by atoms with Gasteiger partial charge in [-0.25, -0.2) is 9.48 Å². The first-order valence-corrected chi connectivity index (χ1v) is 19.9. The minimum atomic E-state index is -0.551. The maximum absolute atomic E-state index is 14.4. The van der Waals surface area contributed by atoms with E-state index < -0.39 is 12.0 Å². The number of piperazine rings is 1. The number of carbonyl (C=O) groups is 4. The van der Waals surface area contributed by atoms with Gasteiger partial charge in [0.25, 0.3) is 0 Å². The number of amides is 3. The first-order valence-electron chi connectivity index (χ1n) is 19.9. The highest BCUT2D eigenvalue weighted by atomic mass is 16.6. The van der Waals surface area contributed by atoms with Gasteiger partial charge in [0.2, 0.25) is 11.8 Å². The molecule has 1 aliphatic carbocycles. The molecule has 4 heterocycles. The van der Waals surface area contributed by atoms with E-state index in [2.05, 4.69) is 52.1 Å². The maximum Gasteiger partial charge on any atom is 0.409 e. The number of fused-ring (bicyclic) bond motifs is 2. The van der Waals surface area contributed by atoms with Crippen LogP contribution in [0.5, 0.6) is 0 Å². The van der Waals surface area contributed by atoms with Gasteiger partial charge in [-0.1, -0.05) is 36.4 Å². The number of nitrogens with zero attached hydrogens (tertiary/aromatic N) is 6. The summed E-state index contributed by atoms with van der Waals surface area (Å²) in [5, 5.41) is 8.10. The van der Waals surface area contributed by atoms with Crippen LogP contribution in [0, 0.1) is 18.8 Å². The van der Waals surface area contributed by atoms with E-state index in [0.29, 0.717) is 51.6 Å². The summed E-state index contributed by atoms with van der Waals surface area (Å²) in [6.07, 6.45) is 9.72. The van der Waals surface area contributed by atoms with Crippen LogP contribution in [-0.4, -0.2) is 125 Å². The second-order valence-corrected chi connectivity index (χ2v) is 15.8. The van der Waals surface area contributed by atoms with E-state index in [4.69, 9.17) is 4.74 Å². The molecule has 3 fully saturated rings. The zero-order valence-electron chi connectivity index (χ0n) is 32.4. The number of alkyl carbamates (subject to hydrolysis) is 1. The first-order chi connectivity index (χ1) is 26.6. The number of nitrogens with one attached hydrogen (secondary N) is 1. The van der Waals surface area contributed by atoms with Crippen LogP contribution in [0.2, 0.25) is 0 Å². The van der Waals surface area contributed by atoms with Crippen LogP contribution in [0.4, 0.5) is 4.79 Å². The quantitative estimate of drug-likeness (QED) is 0.286. The Balaban J connectivity index is 1.03. The summed E-state index contributed by atoms with van der Waals surface area (Å²) in [5.74, 6) is -0.165. The summed E-state index contributed by atoms with van der Waals surface area (Å²) in [6.45, 7) is 12.2. The number of ketones is 1. The molecule has 12 nitrogen and oxygen atoms in total.